The molecular weight excluding hydrogens is 477 g/mol. The zero-order valence-electron chi connectivity index (χ0n) is 21.1. The fourth-order valence-electron chi connectivity index (χ4n) is 5.42. The highest BCUT2D eigenvalue weighted by atomic mass is 19.2. The van der Waals surface area contributed by atoms with Crippen LogP contribution in [0.5, 0.6) is 0 Å². The average molecular weight is 509 g/mol. The van der Waals surface area contributed by atoms with Crippen LogP contribution in [-0.2, 0) is 17.7 Å². The van der Waals surface area contributed by atoms with Gasteiger partial charge >= 0.3 is 6.09 Å². The van der Waals surface area contributed by atoms with Crippen molar-refractivity contribution < 1.29 is 22.7 Å². The Morgan fingerprint density at radius 3 is 2.30 bits per heavy atom. The van der Waals surface area contributed by atoms with Crippen LogP contribution in [0.3, 0.4) is 0 Å². The minimum Gasteiger partial charge on any atom is -0.441 e. The third-order valence-electron chi connectivity index (χ3n) is 7.31. The molecule has 37 heavy (non-hydrogen) atoms. The first-order valence-corrected chi connectivity index (χ1v) is 12.8. The maximum atomic E-state index is 14.7. The summed E-state index contributed by atoms with van der Waals surface area (Å²) in [5.74, 6) is -2.61. The van der Waals surface area contributed by atoms with Crippen LogP contribution in [0.4, 0.5) is 23.7 Å². The number of carbonyl (C=O) groups is 1. The second-order valence-electron chi connectivity index (χ2n) is 10.6. The first-order chi connectivity index (χ1) is 17.7. The van der Waals surface area contributed by atoms with E-state index in [1.807, 2.05) is 48.5 Å². The van der Waals surface area contributed by atoms with Crippen LogP contribution in [-0.4, -0.2) is 36.2 Å². The molecule has 2 saturated heterocycles. The molecule has 4 nitrogen and oxygen atoms in total. The summed E-state index contributed by atoms with van der Waals surface area (Å²) >= 11 is 0. The number of piperidine rings is 1. The summed E-state index contributed by atoms with van der Waals surface area (Å²) in [6.45, 7) is 6.71. The van der Waals surface area contributed by atoms with Crippen molar-refractivity contribution in [1.82, 2.24) is 4.90 Å². The first kappa shape index (κ1) is 25.3. The number of nitrogens with zero attached hydrogens (tertiary/aromatic N) is 2. The molecule has 0 bridgehead atoms. The SMILES string of the molecule is CC(C)Cc1ccc(-c2cc(F)c(F)cc2F)c(CN2CCC3(CC2)CN(c2ccccc2)C(=O)O3)c1. The number of rotatable bonds is 6. The summed E-state index contributed by atoms with van der Waals surface area (Å²) in [5, 5.41) is 0. The zero-order chi connectivity index (χ0) is 26.2. The van der Waals surface area contributed by atoms with Crippen LogP contribution >= 0.6 is 0 Å². The Bertz CT molecular complexity index is 1290. The van der Waals surface area contributed by atoms with E-state index in [9.17, 15) is 18.0 Å². The predicted octanol–water partition coefficient (Wildman–Crippen LogP) is 6.96. The van der Waals surface area contributed by atoms with Crippen LogP contribution in [0.1, 0.15) is 37.8 Å². The molecule has 3 aromatic carbocycles. The minimum atomic E-state index is -1.20. The zero-order valence-corrected chi connectivity index (χ0v) is 21.1. The van der Waals surface area contributed by atoms with Gasteiger partial charge in [0.25, 0.3) is 0 Å². The topological polar surface area (TPSA) is 32.8 Å². The summed E-state index contributed by atoms with van der Waals surface area (Å²) < 4.78 is 48.3. The Morgan fingerprint density at radius 2 is 1.59 bits per heavy atom. The van der Waals surface area contributed by atoms with Crippen molar-refractivity contribution in [3.8, 4) is 11.1 Å². The van der Waals surface area contributed by atoms with E-state index in [4.69, 9.17) is 4.74 Å². The molecule has 0 unspecified atom stereocenters. The van der Waals surface area contributed by atoms with Crippen molar-refractivity contribution in [3.63, 3.8) is 0 Å². The Morgan fingerprint density at radius 1 is 0.892 bits per heavy atom. The van der Waals surface area contributed by atoms with Gasteiger partial charge in [0.1, 0.15) is 11.4 Å². The third kappa shape index (κ3) is 5.37. The van der Waals surface area contributed by atoms with Crippen LogP contribution in [0.2, 0.25) is 0 Å². The monoisotopic (exact) mass is 508 g/mol. The molecule has 2 aliphatic rings. The molecule has 0 saturated carbocycles. The molecule has 1 amide bonds. The second-order valence-corrected chi connectivity index (χ2v) is 10.6. The van der Waals surface area contributed by atoms with Gasteiger partial charge in [-0.1, -0.05) is 50.2 Å². The lowest BCUT2D eigenvalue weighted by Crippen LogP contribution is -2.46. The van der Waals surface area contributed by atoms with Gasteiger partial charge in [-0.05, 0) is 47.2 Å². The highest BCUT2D eigenvalue weighted by molar-refractivity contribution is 5.90. The number of amides is 1. The standard InChI is InChI=1S/C30H31F3N2O2/c1-20(2)14-21-8-9-24(25-16-27(32)28(33)17-26(25)31)22(15-21)18-34-12-10-30(11-13-34)19-35(29(36)37-30)23-6-4-3-5-7-23/h3-9,15-17,20H,10-14,18-19H2,1-2H3. The molecule has 7 heteroatoms. The van der Waals surface area contributed by atoms with E-state index in [2.05, 4.69) is 18.7 Å². The number of anilines is 1. The van der Waals surface area contributed by atoms with Crippen molar-refractivity contribution >= 4 is 11.8 Å². The van der Waals surface area contributed by atoms with Gasteiger partial charge < -0.3 is 4.74 Å². The van der Waals surface area contributed by atoms with E-state index in [0.717, 1.165) is 29.3 Å². The summed E-state index contributed by atoms with van der Waals surface area (Å²) in [7, 11) is 0. The normalized spacial score (nSPS) is 17.6. The van der Waals surface area contributed by atoms with Crippen molar-refractivity contribution in [1.29, 1.82) is 0 Å². The molecule has 0 aromatic heterocycles. The predicted molar refractivity (Wildman–Crippen MR) is 138 cm³/mol. The van der Waals surface area contributed by atoms with Crippen LogP contribution in [0.15, 0.2) is 60.7 Å². The maximum absolute atomic E-state index is 14.7. The summed E-state index contributed by atoms with van der Waals surface area (Å²) in [6.07, 6.45) is 1.91. The van der Waals surface area contributed by atoms with Crippen LogP contribution in [0, 0.1) is 23.4 Å². The summed E-state index contributed by atoms with van der Waals surface area (Å²) in [5.41, 5.74) is 2.90. The van der Waals surface area contributed by atoms with Gasteiger partial charge in [0.05, 0.1) is 6.54 Å². The number of halogens is 3. The van der Waals surface area contributed by atoms with E-state index in [1.54, 1.807) is 4.90 Å². The number of hydrogen-bond acceptors (Lipinski definition) is 3. The lowest BCUT2D eigenvalue weighted by Gasteiger charge is -2.37. The molecule has 194 valence electrons. The van der Waals surface area contributed by atoms with Gasteiger partial charge in [0.2, 0.25) is 0 Å². The number of benzene rings is 3. The Balaban J connectivity index is 1.35. The fraction of sp³-hybridized carbons (Fsp3) is 0.367. The first-order valence-electron chi connectivity index (χ1n) is 12.8. The van der Waals surface area contributed by atoms with Gasteiger partial charge in [-0.2, -0.15) is 0 Å². The number of carbonyl (C=O) groups excluding carboxylic acids is 1. The van der Waals surface area contributed by atoms with Crippen LogP contribution < -0.4 is 4.90 Å². The molecule has 1 spiro atoms. The molecule has 0 radical (unpaired) electrons. The van der Waals surface area contributed by atoms with Gasteiger partial charge in [-0.15, -0.1) is 0 Å². The van der Waals surface area contributed by atoms with Crippen molar-refractivity contribution in [2.24, 2.45) is 5.92 Å². The van der Waals surface area contributed by atoms with Crippen LogP contribution in [0.25, 0.3) is 11.1 Å². The highest BCUT2D eigenvalue weighted by Gasteiger charge is 2.47. The molecule has 0 atom stereocenters. The number of para-hydroxylation sites is 1. The lowest BCUT2D eigenvalue weighted by atomic mass is 9.89. The maximum Gasteiger partial charge on any atom is 0.415 e. The van der Waals surface area contributed by atoms with Gasteiger partial charge in [0.15, 0.2) is 11.6 Å². The smallest absolute Gasteiger partial charge is 0.415 e. The fourth-order valence-corrected chi connectivity index (χ4v) is 5.42. The average Bonchev–Trinajstić information content (AvgIpc) is 3.19. The number of likely N-dealkylation sites (tertiary alicyclic amines) is 1. The van der Waals surface area contributed by atoms with E-state index in [0.29, 0.717) is 56.6 Å². The number of ether oxygens (including phenoxy) is 1. The van der Waals surface area contributed by atoms with Crippen molar-refractivity contribution in [2.45, 2.75) is 45.3 Å². The second kappa shape index (κ2) is 10.2. The van der Waals surface area contributed by atoms with Gasteiger partial charge in [-0.3, -0.25) is 9.80 Å². The lowest BCUT2D eigenvalue weighted by molar-refractivity contribution is -0.000942. The molecular formula is C30H31F3N2O2. The summed E-state index contributed by atoms with van der Waals surface area (Å²) in [4.78, 5) is 16.6. The Hall–Kier alpha value is -3.32. The summed E-state index contributed by atoms with van der Waals surface area (Å²) in [6, 6.07) is 16.8. The van der Waals surface area contributed by atoms with Crippen molar-refractivity contribution in [3.05, 3.63) is 89.2 Å². The van der Waals surface area contributed by atoms with Crippen molar-refractivity contribution in [2.75, 3.05) is 24.5 Å². The van der Waals surface area contributed by atoms with E-state index < -0.39 is 23.1 Å². The van der Waals surface area contributed by atoms with E-state index >= 15 is 0 Å². The van der Waals surface area contributed by atoms with Gasteiger partial charge in [-0.25, -0.2) is 18.0 Å². The Labute approximate surface area is 215 Å². The molecule has 0 aliphatic carbocycles. The molecule has 0 N–H and O–H groups in total. The molecule has 5 rings (SSSR count). The highest BCUT2D eigenvalue weighted by Crippen LogP contribution is 2.37. The molecule has 2 heterocycles. The molecule has 2 aliphatic heterocycles. The molecule has 3 aromatic rings. The molecule has 2 fully saturated rings. The number of hydrogen-bond donors (Lipinski definition) is 0. The largest absolute Gasteiger partial charge is 0.441 e. The van der Waals surface area contributed by atoms with E-state index in [-0.39, 0.29) is 11.7 Å². The Kier molecular flexibility index (Phi) is 6.99. The quantitative estimate of drug-likeness (QED) is 0.338. The van der Waals surface area contributed by atoms with E-state index in [1.165, 1.54) is 0 Å². The minimum absolute atomic E-state index is 0.0571. The van der Waals surface area contributed by atoms with Gasteiger partial charge in [0, 0.05) is 49.8 Å². The third-order valence-corrected chi connectivity index (χ3v) is 7.31.